The molecular weight excluding hydrogens is 386 g/mol. The summed E-state index contributed by atoms with van der Waals surface area (Å²) < 4.78 is 0. The number of anilines is 1. The summed E-state index contributed by atoms with van der Waals surface area (Å²) in [5, 5.41) is 16.0. The number of fused-ring (bicyclic) bond motifs is 1. The fourth-order valence-corrected chi connectivity index (χ4v) is 4.70. The second-order valence-corrected chi connectivity index (χ2v) is 8.14. The largest absolute Gasteiger partial charge is 0.324 e. The van der Waals surface area contributed by atoms with Crippen molar-refractivity contribution in [3.8, 4) is 0 Å². The van der Waals surface area contributed by atoms with Gasteiger partial charge in [0.15, 0.2) is 0 Å². The molecule has 0 saturated heterocycles. The van der Waals surface area contributed by atoms with Gasteiger partial charge >= 0.3 is 0 Å². The van der Waals surface area contributed by atoms with E-state index in [2.05, 4.69) is 33.8 Å². The average Bonchev–Trinajstić information content (AvgIpc) is 3.18. The van der Waals surface area contributed by atoms with Crippen LogP contribution in [0.15, 0.2) is 60.0 Å². The van der Waals surface area contributed by atoms with Crippen LogP contribution in [0, 0.1) is 17.0 Å². The van der Waals surface area contributed by atoms with Crippen LogP contribution >= 0.6 is 11.3 Å². The van der Waals surface area contributed by atoms with E-state index in [9.17, 15) is 14.9 Å². The van der Waals surface area contributed by atoms with Gasteiger partial charge in [-0.05, 0) is 41.5 Å². The first-order valence-corrected chi connectivity index (χ1v) is 10.3. The van der Waals surface area contributed by atoms with E-state index in [0.29, 0.717) is 5.69 Å². The molecule has 1 atom stereocenters. The highest BCUT2D eigenvalue weighted by atomic mass is 32.1. The average molecular weight is 407 g/mol. The maximum atomic E-state index is 12.8. The predicted octanol–water partition coefficient (Wildman–Crippen LogP) is 4.55. The molecule has 0 fully saturated rings. The van der Waals surface area contributed by atoms with Gasteiger partial charge in [0.05, 0.1) is 23.2 Å². The smallest absolute Gasteiger partial charge is 0.271 e. The van der Waals surface area contributed by atoms with E-state index in [1.54, 1.807) is 17.4 Å². The highest BCUT2D eigenvalue weighted by Gasteiger charge is 2.30. The molecular formula is C22H21N3O3S. The molecule has 148 valence electrons. The van der Waals surface area contributed by atoms with Gasteiger partial charge in [-0.25, -0.2) is 0 Å². The Morgan fingerprint density at radius 1 is 1.24 bits per heavy atom. The summed E-state index contributed by atoms with van der Waals surface area (Å²) >= 11 is 1.76. The van der Waals surface area contributed by atoms with Gasteiger partial charge in [0, 0.05) is 23.6 Å². The van der Waals surface area contributed by atoms with Crippen molar-refractivity contribution in [2.45, 2.75) is 19.4 Å². The van der Waals surface area contributed by atoms with Crippen molar-refractivity contribution in [3.05, 3.63) is 91.7 Å². The fraction of sp³-hybridized carbons (Fsp3) is 0.227. The standard InChI is InChI=1S/C22H21N3O3S/c1-15-7-8-17(25(27)28)13-19(15)23-21(26)14-24-11-9-20-18(10-12-29-20)22(24)16-5-3-2-4-6-16/h2-8,10,12-13,22H,9,11,14H2,1H3,(H,23,26)/t22-/m0/s1. The minimum absolute atomic E-state index is 0.0307. The van der Waals surface area contributed by atoms with Gasteiger partial charge in [0.1, 0.15) is 0 Å². The topological polar surface area (TPSA) is 75.5 Å². The molecule has 7 heteroatoms. The van der Waals surface area contributed by atoms with Crippen molar-refractivity contribution >= 4 is 28.6 Å². The van der Waals surface area contributed by atoms with Crippen molar-refractivity contribution in [3.63, 3.8) is 0 Å². The third-order valence-corrected chi connectivity index (χ3v) is 6.23. The number of carbonyl (C=O) groups is 1. The number of benzene rings is 2. The third kappa shape index (κ3) is 4.06. The van der Waals surface area contributed by atoms with E-state index >= 15 is 0 Å². The maximum absolute atomic E-state index is 12.8. The SMILES string of the molecule is Cc1ccc([N+](=O)[O-])cc1NC(=O)CN1CCc2sccc2[C@@H]1c1ccccc1. The van der Waals surface area contributed by atoms with Crippen LogP contribution in [0.25, 0.3) is 0 Å². The number of hydrogen-bond donors (Lipinski definition) is 1. The van der Waals surface area contributed by atoms with Crippen LogP contribution in [0.5, 0.6) is 0 Å². The maximum Gasteiger partial charge on any atom is 0.271 e. The predicted molar refractivity (Wildman–Crippen MR) is 114 cm³/mol. The first-order chi connectivity index (χ1) is 14.0. The van der Waals surface area contributed by atoms with Crippen molar-refractivity contribution < 1.29 is 9.72 Å². The molecule has 0 spiro atoms. The number of non-ortho nitro benzene ring substituents is 1. The normalized spacial score (nSPS) is 16.2. The van der Waals surface area contributed by atoms with Crippen LogP contribution in [0.4, 0.5) is 11.4 Å². The third-order valence-electron chi connectivity index (χ3n) is 5.23. The van der Waals surface area contributed by atoms with Gasteiger partial charge in [0.2, 0.25) is 5.91 Å². The number of hydrogen-bond acceptors (Lipinski definition) is 5. The summed E-state index contributed by atoms with van der Waals surface area (Å²) in [5.74, 6) is -0.173. The zero-order valence-corrected chi connectivity index (χ0v) is 16.8. The molecule has 1 amide bonds. The van der Waals surface area contributed by atoms with Crippen LogP contribution in [-0.4, -0.2) is 28.8 Å². The van der Waals surface area contributed by atoms with Crippen molar-refractivity contribution in [2.24, 2.45) is 0 Å². The lowest BCUT2D eigenvalue weighted by Gasteiger charge is -2.35. The summed E-state index contributed by atoms with van der Waals surface area (Å²) in [5.41, 5.74) is 3.66. The van der Waals surface area contributed by atoms with Crippen molar-refractivity contribution in [1.82, 2.24) is 4.90 Å². The Balaban J connectivity index is 1.56. The Morgan fingerprint density at radius 3 is 2.79 bits per heavy atom. The van der Waals surface area contributed by atoms with E-state index in [4.69, 9.17) is 0 Å². The Hall–Kier alpha value is -3.03. The Kier molecular flexibility index (Phi) is 5.42. The molecule has 1 aromatic heterocycles. The molecule has 0 radical (unpaired) electrons. The summed E-state index contributed by atoms with van der Waals surface area (Å²) in [7, 11) is 0. The Morgan fingerprint density at radius 2 is 2.03 bits per heavy atom. The Labute approximate surface area is 172 Å². The number of thiophene rings is 1. The molecule has 0 saturated carbocycles. The lowest BCUT2D eigenvalue weighted by atomic mass is 9.93. The molecule has 3 aromatic rings. The number of carbonyl (C=O) groups excluding carboxylic acids is 1. The number of nitro benzene ring substituents is 1. The lowest BCUT2D eigenvalue weighted by Crippen LogP contribution is -2.40. The van der Waals surface area contributed by atoms with Gasteiger partial charge in [-0.15, -0.1) is 11.3 Å². The summed E-state index contributed by atoms with van der Waals surface area (Å²) in [6.07, 6.45) is 0.916. The molecule has 4 rings (SSSR count). The highest BCUT2D eigenvalue weighted by Crippen LogP contribution is 2.37. The minimum atomic E-state index is -0.455. The van der Waals surface area contributed by atoms with Crippen LogP contribution < -0.4 is 5.32 Å². The first kappa shape index (κ1) is 19.3. The van der Waals surface area contributed by atoms with Crippen LogP contribution in [0.3, 0.4) is 0 Å². The van der Waals surface area contributed by atoms with Crippen molar-refractivity contribution in [1.29, 1.82) is 0 Å². The zero-order valence-electron chi connectivity index (χ0n) is 16.0. The van der Waals surface area contributed by atoms with Crippen LogP contribution in [0.1, 0.15) is 27.6 Å². The lowest BCUT2D eigenvalue weighted by molar-refractivity contribution is -0.384. The first-order valence-electron chi connectivity index (χ1n) is 9.43. The van der Waals surface area contributed by atoms with Gasteiger partial charge < -0.3 is 5.32 Å². The highest BCUT2D eigenvalue weighted by molar-refractivity contribution is 7.10. The fourth-order valence-electron chi connectivity index (χ4n) is 3.80. The summed E-state index contributed by atoms with van der Waals surface area (Å²) in [6.45, 7) is 2.83. The van der Waals surface area contributed by atoms with Gasteiger partial charge in [-0.3, -0.25) is 19.8 Å². The van der Waals surface area contributed by atoms with E-state index in [-0.39, 0.29) is 24.2 Å². The molecule has 0 unspecified atom stereocenters. The number of nitrogens with zero attached hydrogens (tertiary/aromatic N) is 2. The van der Waals surface area contributed by atoms with Crippen LogP contribution in [0.2, 0.25) is 0 Å². The van der Waals surface area contributed by atoms with Gasteiger partial charge in [-0.2, -0.15) is 0 Å². The molecule has 1 N–H and O–H groups in total. The second kappa shape index (κ2) is 8.14. The molecule has 2 heterocycles. The monoisotopic (exact) mass is 407 g/mol. The molecule has 1 aliphatic heterocycles. The number of rotatable bonds is 5. The van der Waals surface area contributed by atoms with Crippen LogP contribution in [-0.2, 0) is 11.2 Å². The van der Waals surface area contributed by atoms with Crippen molar-refractivity contribution in [2.75, 3.05) is 18.4 Å². The van der Waals surface area contributed by atoms with E-state index in [1.807, 2.05) is 25.1 Å². The van der Waals surface area contributed by atoms with E-state index in [0.717, 1.165) is 24.1 Å². The molecule has 29 heavy (non-hydrogen) atoms. The van der Waals surface area contributed by atoms with E-state index < -0.39 is 4.92 Å². The molecule has 0 aliphatic carbocycles. The minimum Gasteiger partial charge on any atom is -0.324 e. The summed E-state index contributed by atoms with van der Waals surface area (Å²) in [6, 6.07) is 16.9. The zero-order chi connectivity index (χ0) is 20.4. The quantitative estimate of drug-likeness (QED) is 0.497. The molecule has 6 nitrogen and oxygen atoms in total. The number of nitro groups is 1. The van der Waals surface area contributed by atoms with E-state index in [1.165, 1.54) is 22.6 Å². The number of aryl methyl sites for hydroxylation is 1. The second-order valence-electron chi connectivity index (χ2n) is 7.14. The molecule has 1 aliphatic rings. The molecule has 0 bridgehead atoms. The number of nitrogens with one attached hydrogen (secondary N) is 1. The Bertz CT molecular complexity index is 1050. The summed E-state index contributed by atoms with van der Waals surface area (Å²) in [4.78, 5) is 26.9. The number of amides is 1. The molecule has 2 aromatic carbocycles. The van der Waals surface area contributed by atoms with Gasteiger partial charge in [-0.1, -0.05) is 36.4 Å². The van der Waals surface area contributed by atoms with Gasteiger partial charge in [0.25, 0.3) is 5.69 Å².